The van der Waals surface area contributed by atoms with E-state index in [1.54, 1.807) is 42.7 Å². The van der Waals surface area contributed by atoms with Crippen LogP contribution >= 0.6 is 0 Å². The Balaban J connectivity index is 1.79. The van der Waals surface area contributed by atoms with Crippen molar-refractivity contribution in [2.45, 2.75) is 0 Å². The first-order chi connectivity index (χ1) is 11.7. The molecule has 8 heteroatoms. The van der Waals surface area contributed by atoms with Crippen molar-refractivity contribution in [3.05, 3.63) is 48.3 Å². The van der Waals surface area contributed by atoms with Gasteiger partial charge in [-0.25, -0.2) is 0 Å². The van der Waals surface area contributed by atoms with Crippen molar-refractivity contribution >= 4 is 11.9 Å². The molecule has 1 N–H and O–H groups in total. The third-order valence-electron chi connectivity index (χ3n) is 3.19. The Kier molecular flexibility index (Phi) is 4.37. The standard InChI is InChI=1S/C16H14N4O4/c1-22-12-7-11(8-13(9-12)23-2)14(21)18-16-20-19-15(24-16)10-3-5-17-6-4-10/h3-9H,1-2H3,(H,18,20,21). The number of rotatable bonds is 5. The van der Waals surface area contributed by atoms with Crippen LogP contribution in [0.2, 0.25) is 0 Å². The van der Waals surface area contributed by atoms with Crippen molar-refractivity contribution in [3.63, 3.8) is 0 Å². The van der Waals surface area contributed by atoms with E-state index in [2.05, 4.69) is 20.5 Å². The van der Waals surface area contributed by atoms with Crippen molar-refractivity contribution in [3.8, 4) is 23.0 Å². The molecular weight excluding hydrogens is 312 g/mol. The summed E-state index contributed by atoms with van der Waals surface area (Å²) in [6.45, 7) is 0. The zero-order chi connectivity index (χ0) is 16.9. The number of nitrogens with zero attached hydrogens (tertiary/aromatic N) is 3. The lowest BCUT2D eigenvalue weighted by Gasteiger charge is -2.07. The molecule has 0 saturated carbocycles. The molecule has 0 bridgehead atoms. The molecule has 0 radical (unpaired) electrons. The largest absolute Gasteiger partial charge is 0.497 e. The number of anilines is 1. The van der Waals surface area contributed by atoms with E-state index < -0.39 is 5.91 Å². The van der Waals surface area contributed by atoms with Crippen LogP contribution in [0.1, 0.15) is 10.4 Å². The minimum Gasteiger partial charge on any atom is -0.497 e. The lowest BCUT2D eigenvalue weighted by molar-refractivity contribution is 0.102. The van der Waals surface area contributed by atoms with Crippen LogP contribution in [0.5, 0.6) is 11.5 Å². The Bertz CT molecular complexity index is 826. The molecule has 2 heterocycles. The van der Waals surface area contributed by atoms with Crippen LogP contribution in [0, 0.1) is 0 Å². The van der Waals surface area contributed by atoms with Crippen LogP contribution in [0.4, 0.5) is 6.01 Å². The molecule has 0 atom stereocenters. The fraction of sp³-hybridized carbons (Fsp3) is 0.125. The van der Waals surface area contributed by atoms with Crippen LogP contribution < -0.4 is 14.8 Å². The maximum Gasteiger partial charge on any atom is 0.322 e. The summed E-state index contributed by atoms with van der Waals surface area (Å²) < 4.78 is 15.7. The van der Waals surface area contributed by atoms with Crippen molar-refractivity contribution < 1.29 is 18.7 Å². The molecule has 0 fully saturated rings. The normalized spacial score (nSPS) is 10.2. The number of hydrogen-bond acceptors (Lipinski definition) is 7. The second kappa shape index (κ2) is 6.78. The summed E-state index contributed by atoms with van der Waals surface area (Å²) >= 11 is 0. The fourth-order valence-corrected chi connectivity index (χ4v) is 1.99. The summed E-state index contributed by atoms with van der Waals surface area (Å²) in [4.78, 5) is 16.3. The number of nitrogens with one attached hydrogen (secondary N) is 1. The molecule has 0 saturated heterocycles. The minimum atomic E-state index is -0.419. The van der Waals surface area contributed by atoms with Gasteiger partial charge in [-0.15, -0.1) is 5.10 Å². The molecule has 8 nitrogen and oxygen atoms in total. The number of hydrogen-bond donors (Lipinski definition) is 1. The van der Waals surface area contributed by atoms with Crippen LogP contribution in [0.15, 0.2) is 47.1 Å². The molecule has 1 amide bonds. The Labute approximate surface area is 137 Å². The van der Waals surface area contributed by atoms with Crippen molar-refractivity contribution in [2.75, 3.05) is 19.5 Å². The van der Waals surface area contributed by atoms with E-state index >= 15 is 0 Å². The number of aromatic nitrogens is 3. The highest BCUT2D eigenvalue weighted by Gasteiger charge is 2.14. The van der Waals surface area contributed by atoms with Gasteiger partial charge in [0.1, 0.15) is 11.5 Å². The lowest BCUT2D eigenvalue weighted by Crippen LogP contribution is -2.12. The second-order valence-electron chi connectivity index (χ2n) is 4.70. The van der Waals surface area contributed by atoms with Crippen LogP contribution in [-0.4, -0.2) is 35.3 Å². The van der Waals surface area contributed by atoms with Gasteiger partial charge < -0.3 is 13.9 Å². The third kappa shape index (κ3) is 3.32. The van der Waals surface area contributed by atoms with Gasteiger partial charge in [-0.05, 0) is 24.3 Å². The predicted molar refractivity (Wildman–Crippen MR) is 85.0 cm³/mol. The van der Waals surface area contributed by atoms with E-state index in [9.17, 15) is 4.79 Å². The number of benzene rings is 1. The van der Waals surface area contributed by atoms with Crippen LogP contribution in [0.3, 0.4) is 0 Å². The second-order valence-corrected chi connectivity index (χ2v) is 4.70. The average Bonchev–Trinajstić information content (AvgIpc) is 3.10. The van der Waals surface area contributed by atoms with Crippen LogP contribution in [0.25, 0.3) is 11.5 Å². The molecule has 0 aliphatic rings. The highest BCUT2D eigenvalue weighted by Crippen LogP contribution is 2.24. The van der Waals surface area contributed by atoms with E-state index in [-0.39, 0.29) is 11.9 Å². The van der Waals surface area contributed by atoms with Gasteiger partial charge in [-0.3, -0.25) is 15.1 Å². The molecular formula is C16H14N4O4. The Morgan fingerprint density at radius 3 is 2.33 bits per heavy atom. The van der Waals surface area contributed by atoms with Crippen molar-refractivity contribution in [1.82, 2.24) is 15.2 Å². The molecule has 0 spiro atoms. The zero-order valence-electron chi connectivity index (χ0n) is 13.0. The van der Waals surface area contributed by atoms with Gasteiger partial charge >= 0.3 is 6.01 Å². The first-order valence-corrected chi connectivity index (χ1v) is 6.98. The van der Waals surface area contributed by atoms with E-state index in [0.717, 1.165) is 0 Å². The molecule has 122 valence electrons. The van der Waals surface area contributed by atoms with Crippen molar-refractivity contribution in [2.24, 2.45) is 0 Å². The van der Waals surface area contributed by atoms with E-state index in [1.807, 2.05) is 0 Å². The summed E-state index contributed by atoms with van der Waals surface area (Å²) in [5, 5.41) is 10.2. The number of pyridine rings is 1. The minimum absolute atomic E-state index is 0.00593. The van der Waals surface area contributed by atoms with Gasteiger partial charge in [-0.2, -0.15) is 0 Å². The van der Waals surface area contributed by atoms with E-state index in [0.29, 0.717) is 22.6 Å². The number of amides is 1. The van der Waals surface area contributed by atoms with Gasteiger partial charge in [0.25, 0.3) is 5.91 Å². The highest BCUT2D eigenvalue weighted by atomic mass is 16.5. The first-order valence-electron chi connectivity index (χ1n) is 6.98. The fourth-order valence-electron chi connectivity index (χ4n) is 1.99. The van der Waals surface area contributed by atoms with Gasteiger partial charge in [0, 0.05) is 29.6 Å². The third-order valence-corrected chi connectivity index (χ3v) is 3.19. The molecule has 0 aliphatic heterocycles. The van der Waals surface area contributed by atoms with Crippen molar-refractivity contribution in [1.29, 1.82) is 0 Å². The molecule has 24 heavy (non-hydrogen) atoms. The number of carbonyl (C=O) groups is 1. The topological polar surface area (TPSA) is 99.4 Å². The average molecular weight is 326 g/mol. The summed E-state index contributed by atoms with van der Waals surface area (Å²) in [5.74, 6) is 0.873. The van der Waals surface area contributed by atoms with Gasteiger partial charge in [0.05, 0.1) is 14.2 Å². The highest BCUT2D eigenvalue weighted by molar-refractivity contribution is 6.03. The number of methoxy groups -OCH3 is 2. The summed E-state index contributed by atoms with van der Waals surface area (Å²) in [7, 11) is 3.02. The molecule has 1 aromatic carbocycles. The molecule has 0 aliphatic carbocycles. The molecule has 3 aromatic rings. The molecule has 3 rings (SSSR count). The lowest BCUT2D eigenvalue weighted by atomic mass is 10.2. The Morgan fingerprint density at radius 2 is 1.71 bits per heavy atom. The number of ether oxygens (including phenoxy) is 2. The maximum atomic E-state index is 12.3. The summed E-state index contributed by atoms with van der Waals surface area (Å²) in [5.41, 5.74) is 1.05. The van der Waals surface area contributed by atoms with Gasteiger partial charge in [-0.1, -0.05) is 5.10 Å². The first kappa shape index (κ1) is 15.5. The quantitative estimate of drug-likeness (QED) is 0.768. The van der Waals surface area contributed by atoms with Crippen LogP contribution in [-0.2, 0) is 0 Å². The maximum absolute atomic E-state index is 12.3. The smallest absolute Gasteiger partial charge is 0.322 e. The predicted octanol–water partition coefficient (Wildman–Crippen LogP) is 2.40. The SMILES string of the molecule is COc1cc(OC)cc(C(=O)Nc2nnc(-c3ccncc3)o2)c1. The zero-order valence-corrected chi connectivity index (χ0v) is 13.0. The molecule has 2 aromatic heterocycles. The summed E-state index contributed by atoms with van der Waals surface area (Å²) in [6.07, 6.45) is 3.22. The summed E-state index contributed by atoms with van der Waals surface area (Å²) in [6, 6.07) is 8.28. The van der Waals surface area contributed by atoms with E-state index in [4.69, 9.17) is 13.9 Å². The molecule has 0 unspecified atom stereocenters. The van der Waals surface area contributed by atoms with Gasteiger partial charge in [0.15, 0.2) is 0 Å². The monoisotopic (exact) mass is 326 g/mol. The Morgan fingerprint density at radius 1 is 1.04 bits per heavy atom. The van der Waals surface area contributed by atoms with Gasteiger partial charge in [0.2, 0.25) is 5.89 Å². The Hall–Kier alpha value is -3.42. The van der Waals surface area contributed by atoms with E-state index in [1.165, 1.54) is 14.2 Å². The number of carbonyl (C=O) groups excluding carboxylic acids is 1.